The summed E-state index contributed by atoms with van der Waals surface area (Å²) < 4.78 is 6.19. The van der Waals surface area contributed by atoms with Crippen LogP contribution in [0.15, 0.2) is 24.4 Å². The topological polar surface area (TPSA) is 101 Å². The summed E-state index contributed by atoms with van der Waals surface area (Å²) in [6, 6.07) is 2.01. The lowest BCUT2D eigenvalue weighted by molar-refractivity contribution is -0.143. The van der Waals surface area contributed by atoms with Crippen LogP contribution in [-0.2, 0) is 20.7 Å². The maximum atomic E-state index is 13.6. The summed E-state index contributed by atoms with van der Waals surface area (Å²) in [7, 11) is 1.79. The molecule has 6 heterocycles. The molecule has 2 aromatic heterocycles. The van der Waals surface area contributed by atoms with Gasteiger partial charge >= 0.3 is 0 Å². The van der Waals surface area contributed by atoms with Crippen molar-refractivity contribution in [2.75, 3.05) is 32.0 Å². The molecule has 2 amide bonds. The number of piperidine rings is 1. The van der Waals surface area contributed by atoms with E-state index in [1.54, 1.807) is 23.3 Å². The Kier molecular flexibility index (Phi) is 5.83. The molecule has 4 aliphatic heterocycles. The van der Waals surface area contributed by atoms with Crippen molar-refractivity contribution in [1.82, 2.24) is 24.8 Å². The number of thiazole rings is 1. The first-order chi connectivity index (χ1) is 17.4. The zero-order chi connectivity index (χ0) is 25.0. The number of hydrogen-bond donors (Lipinski definition) is 1. The molecular weight excluding hydrogens is 476 g/mol. The smallest absolute Gasteiger partial charge is 0.229 e. The normalized spacial score (nSPS) is 29.3. The molecular formula is C26H32N6O3S. The predicted molar refractivity (Wildman–Crippen MR) is 136 cm³/mol. The summed E-state index contributed by atoms with van der Waals surface area (Å²) in [6.45, 7) is 5.98. The van der Waals surface area contributed by atoms with E-state index in [1.165, 1.54) is 0 Å². The number of aromatic nitrogens is 3. The fourth-order valence-electron chi connectivity index (χ4n) is 6.21. The van der Waals surface area contributed by atoms with E-state index in [2.05, 4.69) is 17.2 Å². The van der Waals surface area contributed by atoms with E-state index in [0.29, 0.717) is 19.6 Å². The van der Waals surface area contributed by atoms with Gasteiger partial charge in [0.25, 0.3) is 0 Å². The molecule has 4 atom stereocenters. The molecule has 0 radical (unpaired) electrons. The Morgan fingerprint density at radius 2 is 2.11 bits per heavy atom. The average molecular weight is 509 g/mol. The van der Waals surface area contributed by atoms with Crippen LogP contribution in [0.5, 0.6) is 0 Å². The number of likely N-dealkylation sites (N-methyl/N-ethyl adjacent to an activating group) is 1. The Balaban J connectivity index is 1.16. The molecule has 1 N–H and O–H groups in total. The van der Waals surface area contributed by atoms with E-state index in [9.17, 15) is 9.59 Å². The molecule has 10 heteroatoms. The molecule has 4 aliphatic rings. The summed E-state index contributed by atoms with van der Waals surface area (Å²) in [4.78, 5) is 45.4. The van der Waals surface area contributed by atoms with Crippen LogP contribution >= 0.6 is 11.3 Å². The van der Waals surface area contributed by atoms with Gasteiger partial charge in [-0.2, -0.15) is 0 Å². The standard InChI is InChI=1S/C26H32N6O3S/c1-4-5-17-12-19(30-25-27-13-15(2)36-25)29-22(28-17)16-7-10-32(11-8-16)23(33)20-18-6-9-26(35-18)14-31(3)24(34)21(20)26/h6,9,12-13,16,18,20-21H,4-5,7-8,10-11,14H2,1-3H3,(H,27,28,29,30)/t18-,20+,21+,26+/m1/s1. The number of carbonyl (C=O) groups is 2. The second kappa shape index (κ2) is 8.92. The van der Waals surface area contributed by atoms with Crippen molar-refractivity contribution in [3.8, 4) is 0 Å². The molecule has 2 aromatic rings. The highest BCUT2D eigenvalue weighted by Crippen LogP contribution is 2.52. The summed E-state index contributed by atoms with van der Waals surface area (Å²) in [5.41, 5.74) is 0.402. The molecule has 6 rings (SSSR count). The van der Waals surface area contributed by atoms with Gasteiger partial charge in [-0.3, -0.25) is 9.59 Å². The number of anilines is 2. The SMILES string of the molecule is CCCc1cc(Nc2ncc(C)s2)nc(C2CCN(C(=O)[C@@H]3[C@H]4C(=O)N(C)C[C@@]45C=C[C@H]3O5)CC2)n1. The van der Waals surface area contributed by atoms with Crippen LogP contribution in [0, 0.1) is 18.8 Å². The predicted octanol–water partition coefficient (Wildman–Crippen LogP) is 3.06. The first kappa shape index (κ1) is 23.5. The molecule has 3 saturated heterocycles. The maximum Gasteiger partial charge on any atom is 0.229 e. The van der Waals surface area contributed by atoms with Gasteiger partial charge in [-0.05, 0) is 26.2 Å². The molecule has 3 fully saturated rings. The van der Waals surface area contributed by atoms with E-state index in [4.69, 9.17) is 14.7 Å². The summed E-state index contributed by atoms with van der Waals surface area (Å²) in [6.07, 6.45) is 9.03. The molecule has 0 unspecified atom stereocenters. The van der Waals surface area contributed by atoms with Gasteiger partial charge in [-0.1, -0.05) is 25.5 Å². The third kappa shape index (κ3) is 3.91. The van der Waals surface area contributed by atoms with Crippen molar-refractivity contribution in [1.29, 1.82) is 0 Å². The molecule has 9 nitrogen and oxygen atoms in total. The Labute approximate surface area is 215 Å². The minimum atomic E-state index is -0.623. The van der Waals surface area contributed by atoms with Crippen LogP contribution < -0.4 is 5.32 Å². The van der Waals surface area contributed by atoms with Gasteiger partial charge in [0.2, 0.25) is 11.8 Å². The molecule has 190 valence electrons. The number of rotatable bonds is 6. The van der Waals surface area contributed by atoms with Gasteiger partial charge in [-0.15, -0.1) is 11.3 Å². The highest BCUT2D eigenvalue weighted by molar-refractivity contribution is 7.15. The summed E-state index contributed by atoms with van der Waals surface area (Å²) >= 11 is 1.60. The van der Waals surface area contributed by atoms with E-state index in [0.717, 1.165) is 53.0 Å². The van der Waals surface area contributed by atoms with Crippen molar-refractivity contribution < 1.29 is 14.3 Å². The average Bonchev–Trinajstić information content (AvgIpc) is 3.60. The fraction of sp³-hybridized carbons (Fsp3) is 0.577. The van der Waals surface area contributed by atoms with Gasteiger partial charge in [0.1, 0.15) is 17.2 Å². The lowest BCUT2D eigenvalue weighted by Gasteiger charge is -2.35. The van der Waals surface area contributed by atoms with E-state index >= 15 is 0 Å². The highest BCUT2D eigenvalue weighted by Gasteiger charge is 2.66. The van der Waals surface area contributed by atoms with E-state index in [1.807, 2.05) is 36.2 Å². The largest absolute Gasteiger partial charge is 0.360 e. The summed E-state index contributed by atoms with van der Waals surface area (Å²) in [5.74, 6) is 1.03. The Morgan fingerprint density at radius 3 is 2.83 bits per heavy atom. The highest BCUT2D eigenvalue weighted by atomic mass is 32.1. The second-order valence-electron chi connectivity index (χ2n) is 10.4. The van der Waals surface area contributed by atoms with Gasteiger partial charge in [0.15, 0.2) is 5.13 Å². The van der Waals surface area contributed by atoms with Gasteiger partial charge < -0.3 is 19.9 Å². The Bertz CT molecular complexity index is 1220. The quantitative estimate of drug-likeness (QED) is 0.599. The van der Waals surface area contributed by atoms with Crippen molar-refractivity contribution >= 4 is 34.1 Å². The molecule has 1 spiro atoms. The molecule has 0 aromatic carbocycles. The third-order valence-corrected chi connectivity index (χ3v) is 8.73. The van der Waals surface area contributed by atoms with Crippen LogP contribution in [0.4, 0.5) is 10.9 Å². The minimum absolute atomic E-state index is 0.0201. The van der Waals surface area contributed by atoms with Crippen LogP contribution in [0.3, 0.4) is 0 Å². The van der Waals surface area contributed by atoms with E-state index in [-0.39, 0.29) is 23.8 Å². The molecule has 0 aliphatic carbocycles. The summed E-state index contributed by atoms with van der Waals surface area (Å²) in [5, 5.41) is 4.17. The number of fused-ring (bicyclic) bond motifs is 1. The lowest BCUT2D eigenvalue weighted by Crippen LogP contribution is -2.48. The third-order valence-electron chi connectivity index (χ3n) is 7.91. The number of nitrogens with zero attached hydrogens (tertiary/aromatic N) is 5. The first-order valence-electron chi connectivity index (χ1n) is 12.8. The first-order valence-corrected chi connectivity index (χ1v) is 13.7. The minimum Gasteiger partial charge on any atom is -0.360 e. The van der Waals surface area contributed by atoms with Crippen LogP contribution in [-0.4, -0.2) is 75.0 Å². The van der Waals surface area contributed by atoms with Gasteiger partial charge in [0.05, 0.1) is 24.5 Å². The Morgan fingerprint density at radius 1 is 1.31 bits per heavy atom. The van der Waals surface area contributed by atoms with Crippen LogP contribution in [0.2, 0.25) is 0 Å². The molecule has 2 bridgehead atoms. The van der Waals surface area contributed by atoms with Gasteiger partial charge in [0, 0.05) is 48.9 Å². The zero-order valence-corrected chi connectivity index (χ0v) is 21.8. The van der Waals surface area contributed by atoms with Crippen molar-refractivity contribution in [3.63, 3.8) is 0 Å². The monoisotopic (exact) mass is 508 g/mol. The van der Waals surface area contributed by atoms with Crippen molar-refractivity contribution in [2.24, 2.45) is 11.8 Å². The number of amides is 2. The van der Waals surface area contributed by atoms with Crippen molar-refractivity contribution in [3.05, 3.63) is 40.8 Å². The van der Waals surface area contributed by atoms with Gasteiger partial charge in [-0.25, -0.2) is 15.0 Å². The number of ether oxygens (including phenoxy) is 1. The van der Waals surface area contributed by atoms with Crippen LogP contribution in [0.25, 0.3) is 0 Å². The number of nitrogens with one attached hydrogen (secondary N) is 1. The number of carbonyl (C=O) groups excluding carboxylic acids is 2. The molecule has 36 heavy (non-hydrogen) atoms. The number of likely N-dealkylation sites (tertiary alicyclic amines) is 2. The van der Waals surface area contributed by atoms with Crippen LogP contribution in [0.1, 0.15) is 48.5 Å². The number of aryl methyl sites for hydroxylation is 2. The number of hydrogen-bond acceptors (Lipinski definition) is 8. The fourth-order valence-corrected chi connectivity index (χ4v) is 6.88. The molecule has 0 saturated carbocycles. The second-order valence-corrected chi connectivity index (χ2v) is 11.7. The van der Waals surface area contributed by atoms with E-state index < -0.39 is 17.4 Å². The zero-order valence-electron chi connectivity index (χ0n) is 20.9. The Hall–Kier alpha value is -2.85. The lowest BCUT2D eigenvalue weighted by atomic mass is 9.76. The maximum absolute atomic E-state index is 13.6. The van der Waals surface area contributed by atoms with Crippen molar-refractivity contribution in [2.45, 2.75) is 57.2 Å².